The minimum atomic E-state index is -5.10. The molecule has 5 heterocycles. The number of ether oxygens (including phenoxy) is 1. The summed E-state index contributed by atoms with van der Waals surface area (Å²) in [5.74, 6) is 0.0134. The molecule has 0 saturated carbocycles. The molecular formula is C26H21ClF6N6O. The summed E-state index contributed by atoms with van der Waals surface area (Å²) in [7, 11) is 0. The lowest BCUT2D eigenvalue weighted by atomic mass is 9.93. The zero-order valence-electron chi connectivity index (χ0n) is 20.7. The van der Waals surface area contributed by atoms with Crippen LogP contribution in [-0.4, -0.2) is 52.8 Å². The van der Waals surface area contributed by atoms with Crippen LogP contribution in [-0.2, 0) is 23.5 Å². The van der Waals surface area contributed by atoms with Gasteiger partial charge < -0.3 is 19.5 Å². The molecule has 0 amide bonds. The number of fused-ring (bicyclic) bond motifs is 3. The quantitative estimate of drug-likeness (QED) is 0.297. The van der Waals surface area contributed by atoms with Crippen LogP contribution in [0.4, 0.5) is 38.1 Å². The summed E-state index contributed by atoms with van der Waals surface area (Å²) < 4.78 is 87.2. The molecule has 4 aromatic rings. The molecule has 1 fully saturated rings. The molecule has 6 rings (SSSR count). The number of aromatic amines is 1. The highest BCUT2D eigenvalue weighted by molar-refractivity contribution is 6.31. The van der Waals surface area contributed by atoms with E-state index < -0.39 is 35.7 Å². The third-order valence-electron chi connectivity index (χ3n) is 7.06. The molecule has 40 heavy (non-hydrogen) atoms. The summed E-state index contributed by atoms with van der Waals surface area (Å²) in [5.41, 5.74) is -0.597. The maximum Gasteiger partial charge on any atom is 0.433 e. The van der Waals surface area contributed by atoms with Gasteiger partial charge in [-0.05, 0) is 47.9 Å². The summed E-state index contributed by atoms with van der Waals surface area (Å²) in [4.78, 5) is 18.4. The average Bonchev–Trinajstić information content (AvgIpc) is 3.30. The van der Waals surface area contributed by atoms with Crippen molar-refractivity contribution in [1.82, 2.24) is 19.9 Å². The van der Waals surface area contributed by atoms with Gasteiger partial charge in [-0.3, -0.25) is 0 Å². The largest absolute Gasteiger partial charge is 0.433 e. The van der Waals surface area contributed by atoms with E-state index in [1.165, 1.54) is 4.90 Å². The van der Waals surface area contributed by atoms with E-state index >= 15 is 0 Å². The number of nitrogens with one attached hydrogen (secondary N) is 1. The Morgan fingerprint density at radius 2 is 1.60 bits per heavy atom. The van der Waals surface area contributed by atoms with Crippen LogP contribution in [0.1, 0.15) is 34.3 Å². The number of alkyl halides is 6. The van der Waals surface area contributed by atoms with Crippen molar-refractivity contribution in [2.75, 3.05) is 42.6 Å². The van der Waals surface area contributed by atoms with Crippen molar-refractivity contribution in [3.05, 3.63) is 75.8 Å². The third kappa shape index (κ3) is 4.92. The molecule has 0 bridgehead atoms. The predicted molar refractivity (Wildman–Crippen MR) is 136 cm³/mol. The van der Waals surface area contributed by atoms with Crippen molar-refractivity contribution < 1.29 is 31.1 Å². The van der Waals surface area contributed by atoms with Gasteiger partial charge in [0.25, 0.3) is 0 Å². The maximum absolute atomic E-state index is 13.6. The number of benzene rings is 1. The minimum Gasteiger partial charge on any atom is -0.378 e. The Morgan fingerprint density at radius 1 is 0.900 bits per heavy atom. The molecule has 7 nitrogen and oxygen atoms in total. The van der Waals surface area contributed by atoms with Crippen LogP contribution in [0.5, 0.6) is 0 Å². The molecule has 14 heteroatoms. The average molecular weight is 583 g/mol. The molecule has 0 unspecified atom stereocenters. The number of morpholine rings is 1. The fourth-order valence-corrected chi connectivity index (χ4v) is 5.39. The van der Waals surface area contributed by atoms with Gasteiger partial charge in [0.05, 0.1) is 19.3 Å². The predicted octanol–water partition coefficient (Wildman–Crippen LogP) is 6.03. The van der Waals surface area contributed by atoms with E-state index in [0.29, 0.717) is 54.8 Å². The van der Waals surface area contributed by atoms with Crippen LogP contribution in [0.3, 0.4) is 0 Å². The summed E-state index contributed by atoms with van der Waals surface area (Å²) in [6, 6.07) is 7.88. The zero-order valence-corrected chi connectivity index (χ0v) is 21.4. The second-order valence-corrected chi connectivity index (χ2v) is 9.97. The number of nitrogens with zero attached hydrogens (tertiary/aromatic N) is 5. The molecule has 0 radical (unpaired) electrons. The smallest absolute Gasteiger partial charge is 0.378 e. The van der Waals surface area contributed by atoms with E-state index in [1.54, 1.807) is 36.5 Å². The Balaban J connectivity index is 1.50. The second kappa shape index (κ2) is 9.81. The first-order valence-electron chi connectivity index (χ1n) is 12.4. The van der Waals surface area contributed by atoms with Crippen LogP contribution in [0.2, 0.25) is 5.02 Å². The van der Waals surface area contributed by atoms with Crippen molar-refractivity contribution >= 4 is 34.3 Å². The first kappa shape index (κ1) is 26.6. The molecule has 0 spiro atoms. The van der Waals surface area contributed by atoms with Crippen LogP contribution < -0.4 is 9.80 Å². The van der Waals surface area contributed by atoms with Crippen LogP contribution >= 0.6 is 11.6 Å². The summed E-state index contributed by atoms with van der Waals surface area (Å²) in [5, 5.41) is 1.33. The van der Waals surface area contributed by atoms with Gasteiger partial charge in [0.1, 0.15) is 5.82 Å². The van der Waals surface area contributed by atoms with E-state index in [-0.39, 0.29) is 12.6 Å². The molecule has 1 aromatic carbocycles. The minimum absolute atomic E-state index is 0.0565. The highest BCUT2D eigenvalue weighted by Gasteiger charge is 2.42. The van der Waals surface area contributed by atoms with Gasteiger partial charge >= 0.3 is 12.4 Å². The van der Waals surface area contributed by atoms with Crippen molar-refractivity contribution in [3.63, 3.8) is 0 Å². The number of hydrogen-bond acceptors (Lipinski definition) is 6. The van der Waals surface area contributed by atoms with Crippen molar-refractivity contribution in [2.45, 2.75) is 24.8 Å². The van der Waals surface area contributed by atoms with E-state index in [1.807, 2.05) is 4.90 Å². The standard InChI is InChI=1S/C26H21ClF6N6O/c27-15-2-3-18-17(11-15)16-5-6-39(24-36-19(25(28,29)30)12-20(37-24)26(31,32)33)23(22(16)35-18)14-1-4-21(34-13-14)38-7-9-40-10-8-38/h1-4,11-13,23,35H,5-10H2/t23-/m0/s1. The fraction of sp³-hybridized carbons (Fsp3) is 0.346. The maximum atomic E-state index is 13.6. The molecule has 3 aromatic heterocycles. The Morgan fingerprint density at radius 3 is 2.23 bits per heavy atom. The Labute approximate surface area is 228 Å². The molecule has 2 aliphatic rings. The number of halogens is 7. The van der Waals surface area contributed by atoms with E-state index in [4.69, 9.17) is 16.3 Å². The second-order valence-electron chi connectivity index (χ2n) is 9.54. The van der Waals surface area contributed by atoms with Crippen LogP contribution in [0.15, 0.2) is 42.6 Å². The third-order valence-corrected chi connectivity index (χ3v) is 7.30. The molecule has 1 N–H and O–H groups in total. The van der Waals surface area contributed by atoms with Gasteiger partial charge in [-0.2, -0.15) is 26.3 Å². The normalized spacial score (nSPS) is 18.3. The van der Waals surface area contributed by atoms with Gasteiger partial charge in [0.15, 0.2) is 11.4 Å². The lowest BCUT2D eigenvalue weighted by molar-refractivity contribution is -0.147. The van der Waals surface area contributed by atoms with E-state index in [2.05, 4.69) is 19.9 Å². The molecule has 1 atom stereocenters. The van der Waals surface area contributed by atoms with Crippen molar-refractivity contribution in [3.8, 4) is 0 Å². The first-order chi connectivity index (χ1) is 19.0. The highest BCUT2D eigenvalue weighted by Crippen LogP contribution is 2.42. The fourth-order valence-electron chi connectivity index (χ4n) is 5.21. The van der Waals surface area contributed by atoms with Gasteiger partial charge in [-0.15, -0.1) is 0 Å². The molecule has 210 valence electrons. The van der Waals surface area contributed by atoms with E-state index in [0.717, 1.165) is 16.5 Å². The Kier molecular flexibility index (Phi) is 6.53. The van der Waals surface area contributed by atoms with Gasteiger partial charge in [-0.1, -0.05) is 17.7 Å². The van der Waals surface area contributed by atoms with Gasteiger partial charge in [0, 0.05) is 47.5 Å². The number of aromatic nitrogens is 4. The summed E-state index contributed by atoms with van der Waals surface area (Å²) in [6.45, 7) is 2.45. The number of pyridine rings is 1. The monoisotopic (exact) mass is 582 g/mol. The van der Waals surface area contributed by atoms with E-state index in [9.17, 15) is 26.3 Å². The topological polar surface area (TPSA) is 70.2 Å². The number of hydrogen-bond donors (Lipinski definition) is 1. The number of H-pyrrole nitrogens is 1. The number of anilines is 2. The SMILES string of the molecule is FC(F)(F)c1cc(C(F)(F)F)nc(N2CCc3c([nH]c4ccc(Cl)cc34)[C@@H]2c2ccc(N3CCOCC3)nc2)n1. The van der Waals surface area contributed by atoms with Crippen LogP contribution in [0.25, 0.3) is 10.9 Å². The lowest BCUT2D eigenvalue weighted by Gasteiger charge is -2.36. The lowest BCUT2D eigenvalue weighted by Crippen LogP contribution is -2.38. The zero-order chi connectivity index (χ0) is 28.2. The van der Waals surface area contributed by atoms with Crippen LogP contribution in [0, 0.1) is 0 Å². The van der Waals surface area contributed by atoms with Crippen molar-refractivity contribution in [1.29, 1.82) is 0 Å². The van der Waals surface area contributed by atoms with Gasteiger partial charge in [-0.25, -0.2) is 15.0 Å². The number of rotatable bonds is 3. The molecule has 2 aliphatic heterocycles. The van der Waals surface area contributed by atoms with Crippen molar-refractivity contribution in [2.24, 2.45) is 0 Å². The summed E-state index contributed by atoms with van der Waals surface area (Å²) >= 11 is 6.23. The molecule has 0 aliphatic carbocycles. The Bertz CT molecular complexity index is 1520. The molecular weight excluding hydrogens is 562 g/mol. The first-order valence-corrected chi connectivity index (χ1v) is 12.8. The highest BCUT2D eigenvalue weighted by atomic mass is 35.5. The Hall–Kier alpha value is -3.58. The van der Waals surface area contributed by atoms with Gasteiger partial charge in [0.2, 0.25) is 5.95 Å². The summed E-state index contributed by atoms with van der Waals surface area (Å²) in [6.07, 6.45) is -8.32. The molecule has 1 saturated heterocycles.